The molecule has 0 atom stereocenters. The van der Waals surface area contributed by atoms with Gasteiger partial charge in [0.2, 0.25) is 11.9 Å². The van der Waals surface area contributed by atoms with Crippen LogP contribution >= 0.6 is 33.9 Å². The summed E-state index contributed by atoms with van der Waals surface area (Å²) in [7, 11) is 0. The molecule has 36 heavy (non-hydrogen) atoms. The predicted molar refractivity (Wildman–Crippen MR) is 147 cm³/mol. The summed E-state index contributed by atoms with van der Waals surface area (Å²) in [6, 6.07) is 13.2. The molecule has 0 aliphatic carbocycles. The highest BCUT2D eigenvalue weighted by atomic mass is 127. The number of anilines is 2. The van der Waals surface area contributed by atoms with Crippen molar-refractivity contribution < 1.29 is 14.0 Å². The Labute approximate surface area is 224 Å². The molecule has 0 radical (unpaired) electrons. The lowest BCUT2D eigenvalue weighted by molar-refractivity contribution is -0.116. The fourth-order valence-corrected chi connectivity index (χ4v) is 5.55. The largest absolute Gasteiger partial charge is 0.443 e. The van der Waals surface area contributed by atoms with Gasteiger partial charge < -0.3 is 13.9 Å². The molecule has 1 aromatic carbocycles. The summed E-state index contributed by atoms with van der Waals surface area (Å²) in [5.74, 6) is 0.741. The van der Waals surface area contributed by atoms with Gasteiger partial charge in [0.1, 0.15) is 0 Å². The molecular formula is C25H21IN6O3S. The maximum Gasteiger partial charge on any atom is 0.268 e. The molecular weight excluding hydrogens is 591 g/mol. The van der Waals surface area contributed by atoms with Gasteiger partial charge in [-0.25, -0.2) is 9.97 Å². The zero-order valence-corrected chi connectivity index (χ0v) is 22.2. The Hall–Kier alpha value is -3.58. The van der Waals surface area contributed by atoms with E-state index in [1.54, 1.807) is 23.4 Å². The van der Waals surface area contributed by atoms with Gasteiger partial charge >= 0.3 is 0 Å². The van der Waals surface area contributed by atoms with Crippen molar-refractivity contribution in [3.63, 3.8) is 0 Å². The fraction of sp³-hybridized carbons (Fsp3) is 0.160. The highest BCUT2D eigenvalue weighted by Gasteiger charge is 2.19. The second-order valence-electron chi connectivity index (χ2n) is 7.92. The minimum absolute atomic E-state index is 0.0476. The molecule has 4 heterocycles. The highest BCUT2D eigenvalue weighted by Crippen LogP contribution is 2.30. The first kappa shape index (κ1) is 24.1. The summed E-state index contributed by atoms with van der Waals surface area (Å²) in [6.45, 7) is 2.13. The highest BCUT2D eigenvalue weighted by molar-refractivity contribution is 14.1. The predicted octanol–water partition coefficient (Wildman–Crippen LogP) is 5.39. The quantitative estimate of drug-likeness (QED) is 0.143. The molecule has 0 fully saturated rings. The van der Waals surface area contributed by atoms with Gasteiger partial charge in [0.25, 0.3) is 5.91 Å². The number of thiophene rings is 1. The van der Waals surface area contributed by atoms with E-state index in [0.29, 0.717) is 39.6 Å². The van der Waals surface area contributed by atoms with Crippen molar-refractivity contribution in [1.82, 2.24) is 19.5 Å². The summed E-state index contributed by atoms with van der Waals surface area (Å²) >= 11 is 3.48. The summed E-state index contributed by atoms with van der Waals surface area (Å²) in [6.07, 6.45) is 7.26. The van der Waals surface area contributed by atoms with Crippen molar-refractivity contribution in [2.45, 2.75) is 19.9 Å². The number of aromatic nitrogens is 4. The van der Waals surface area contributed by atoms with E-state index in [-0.39, 0.29) is 11.8 Å². The third-order valence-corrected chi connectivity index (χ3v) is 7.40. The molecule has 0 aliphatic rings. The third-order valence-electron chi connectivity index (χ3n) is 5.62. The molecule has 1 N–H and O–H groups in total. The number of aryl methyl sites for hydroxylation is 2. The Morgan fingerprint density at radius 1 is 1.17 bits per heavy atom. The molecule has 0 aliphatic heterocycles. The monoisotopic (exact) mass is 612 g/mol. The number of pyridine rings is 1. The Kier molecular flexibility index (Phi) is 7.09. The normalized spacial score (nSPS) is 11.1. The van der Waals surface area contributed by atoms with Gasteiger partial charge in [0, 0.05) is 31.5 Å². The third kappa shape index (κ3) is 5.02. The molecule has 4 aromatic heterocycles. The van der Waals surface area contributed by atoms with Crippen molar-refractivity contribution in [2.75, 3.05) is 14.8 Å². The number of alkyl halides is 1. The average molecular weight is 612 g/mol. The van der Waals surface area contributed by atoms with Crippen molar-refractivity contribution >= 4 is 68.4 Å². The molecule has 0 saturated heterocycles. The molecule has 0 unspecified atom stereocenters. The average Bonchev–Trinajstić information content (AvgIpc) is 3.63. The number of halogens is 1. The number of rotatable bonds is 8. The molecule has 5 aromatic rings. The van der Waals surface area contributed by atoms with Crippen LogP contribution in [0.25, 0.3) is 21.7 Å². The number of hydrogen-bond acceptors (Lipinski definition) is 7. The topological polar surface area (TPSA) is 106 Å². The molecule has 0 bridgehead atoms. The van der Waals surface area contributed by atoms with E-state index in [2.05, 4.69) is 37.9 Å². The van der Waals surface area contributed by atoms with Crippen LogP contribution in [-0.2, 0) is 17.8 Å². The van der Waals surface area contributed by atoms with Gasteiger partial charge in [0.05, 0.1) is 31.5 Å². The number of hydrogen-bond donors (Lipinski definition) is 1. The van der Waals surface area contributed by atoms with Crippen LogP contribution in [0, 0.1) is 0 Å². The number of fused-ring (bicyclic) bond motifs is 1. The number of carbonyl (C=O) groups is 2. The summed E-state index contributed by atoms with van der Waals surface area (Å²) in [5.41, 5.74) is 3.40. The molecule has 5 rings (SSSR count). The lowest BCUT2D eigenvalue weighted by Gasteiger charge is -2.18. The number of benzene rings is 1. The minimum Gasteiger partial charge on any atom is -0.443 e. The van der Waals surface area contributed by atoms with Gasteiger partial charge in [-0.2, -0.15) is 0 Å². The Balaban J connectivity index is 1.47. The van der Waals surface area contributed by atoms with E-state index in [1.807, 2.05) is 47.2 Å². The standard InChI is InChI=1S/C25H21IN6O3S/c1-16(33)32(14-26)18-4-5-20-19(11-18)29-25(31(20)10-8-17-3-2-9-27-12-17)30-24(34)23-7-6-22(36-23)21-13-28-15-35-21/h2-7,9,11-13,15H,8,10,14H2,1H3,(H,29,30,34). The van der Waals surface area contributed by atoms with E-state index in [1.165, 1.54) is 24.7 Å². The second kappa shape index (κ2) is 10.6. The smallest absolute Gasteiger partial charge is 0.268 e. The van der Waals surface area contributed by atoms with Crippen LogP contribution in [-0.4, -0.2) is 35.9 Å². The maximum atomic E-state index is 13.1. The van der Waals surface area contributed by atoms with Crippen LogP contribution in [0.15, 0.2) is 71.9 Å². The number of oxazole rings is 1. The Bertz CT molecular complexity index is 1510. The van der Waals surface area contributed by atoms with Gasteiger partial charge in [0.15, 0.2) is 12.2 Å². The van der Waals surface area contributed by atoms with Crippen LogP contribution in [0.5, 0.6) is 0 Å². The summed E-state index contributed by atoms with van der Waals surface area (Å²) < 4.78 is 7.84. The molecule has 11 heteroatoms. The lowest BCUT2D eigenvalue weighted by Crippen LogP contribution is -2.26. The molecule has 182 valence electrons. The number of nitrogens with zero attached hydrogens (tertiary/aromatic N) is 5. The Morgan fingerprint density at radius 2 is 2.06 bits per heavy atom. The Morgan fingerprint density at radius 3 is 2.78 bits per heavy atom. The van der Waals surface area contributed by atoms with Crippen molar-refractivity contribution in [1.29, 1.82) is 0 Å². The fourth-order valence-electron chi connectivity index (χ4n) is 3.82. The van der Waals surface area contributed by atoms with E-state index < -0.39 is 0 Å². The van der Waals surface area contributed by atoms with Crippen LogP contribution in [0.4, 0.5) is 11.6 Å². The first-order valence-electron chi connectivity index (χ1n) is 11.1. The van der Waals surface area contributed by atoms with Gasteiger partial charge in [-0.15, -0.1) is 11.3 Å². The molecule has 2 amide bonds. The minimum atomic E-state index is -0.262. The zero-order valence-electron chi connectivity index (χ0n) is 19.2. The van der Waals surface area contributed by atoms with E-state index in [4.69, 9.17) is 9.40 Å². The van der Waals surface area contributed by atoms with E-state index in [0.717, 1.165) is 21.6 Å². The van der Waals surface area contributed by atoms with Crippen LogP contribution in [0.3, 0.4) is 0 Å². The molecule has 9 nitrogen and oxygen atoms in total. The molecule has 0 spiro atoms. The zero-order chi connectivity index (χ0) is 25.1. The van der Waals surface area contributed by atoms with Gasteiger partial charge in [-0.05, 0) is 48.4 Å². The SMILES string of the molecule is CC(=O)N(CI)c1ccc2c(c1)nc(NC(=O)c1ccc(-c3cnco3)s1)n2CCc1cccnc1. The van der Waals surface area contributed by atoms with Crippen molar-refractivity contribution in [3.05, 3.63) is 77.9 Å². The van der Waals surface area contributed by atoms with Crippen LogP contribution in [0.1, 0.15) is 22.2 Å². The number of carbonyl (C=O) groups excluding carboxylic acids is 2. The lowest BCUT2D eigenvalue weighted by atomic mass is 10.2. The number of amides is 2. The first-order valence-corrected chi connectivity index (χ1v) is 13.4. The number of nitrogens with one attached hydrogen (secondary N) is 1. The van der Waals surface area contributed by atoms with Crippen LogP contribution < -0.4 is 10.2 Å². The summed E-state index contributed by atoms with van der Waals surface area (Å²) in [4.78, 5) is 41.1. The van der Waals surface area contributed by atoms with Gasteiger partial charge in [-0.3, -0.25) is 19.9 Å². The van der Waals surface area contributed by atoms with E-state index in [9.17, 15) is 9.59 Å². The number of imidazole rings is 1. The van der Waals surface area contributed by atoms with Crippen molar-refractivity contribution in [3.8, 4) is 10.6 Å². The maximum absolute atomic E-state index is 13.1. The van der Waals surface area contributed by atoms with Crippen LogP contribution in [0.2, 0.25) is 0 Å². The summed E-state index contributed by atoms with van der Waals surface area (Å²) in [5, 5.41) is 2.98. The molecule has 0 saturated carbocycles. The first-order chi connectivity index (χ1) is 17.5. The second-order valence-corrected chi connectivity index (χ2v) is 9.69. The van der Waals surface area contributed by atoms with Crippen molar-refractivity contribution in [2.24, 2.45) is 0 Å². The van der Waals surface area contributed by atoms with Gasteiger partial charge in [-0.1, -0.05) is 28.7 Å². The van der Waals surface area contributed by atoms with E-state index >= 15 is 0 Å².